The maximum Gasteiger partial charge on any atom is 0.255 e. The lowest BCUT2D eigenvalue weighted by Crippen LogP contribution is -2.41. The molecule has 1 amide bonds. The molecule has 1 N–H and O–H groups in total. The molecule has 5 nitrogen and oxygen atoms in total. The van der Waals surface area contributed by atoms with Crippen LogP contribution in [-0.2, 0) is 14.6 Å². The molecule has 5 atom stereocenters. The highest BCUT2D eigenvalue weighted by Crippen LogP contribution is 2.58. The number of halogens is 4. The molecule has 1 saturated heterocycles. The molecule has 10 heteroatoms. The molecule has 1 aliphatic heterocycles. The van der Waals surface area contributed by atoms with Gasteiger partial charge in [-0.25, -0.2) is 21.6 Å². The molecule has 2 aromatic rings. The lowest BCUT2D eigenvalue weighted by atomic mass is 9.79. The minimum atomic E-state index is -3.87. The van der Waals surface area contributed by atoms with Crippen LogP contribution in [0.3, 0.4) is 0 Å². The summed E-state index contributed by atoms with van der Waals surface area (Å²) in [5.74, 6) is -5.25. The van der Waals surface area contributed by atoms with Crippen molar-refractivity contribution in [2.45, 2.75) is 41.9 Å². The molecule has 2 bridgehead atoms. The third kappa shape index (κ3) is 3.84. The number of hydrogen-bond donors (Lipinski definition) is 1. The lowest BCUT2D eigenvalue weighted by molar-refractivity contribution is 0.102. The number of amides is 1. The van der Waals surface area contributed by atoms with E-state index in [0.717, 1.165) is 6.42 Å². The number of benzene rings is 2. The Morgan fingerprint density at radius 2 is 1.82 bits per heavy atom. The summed E-state index contributed by atoms with van der Waals surface area (Å²) in [5, 5.41) is 1.65. The molecule has 3 unspecified atom stereocenters. The highest BCUT2D eigenvalue weighted by Gasteiger charge is 2.61. The second-order valence-electron chi connectivity index (χ2n) is 9.38. The molecule has 3 aliphatic rings. The molecule has 2 aliphatic carbocycles. The van der Waals surface area contributed by atoms with Crippen LogP contribution in [0.4, 0.5) is 18.9 Å². The third-order valence-electron chi connectivity index (χ3n) is 7.19. The Morgan fingerprint density at radius 3 is 2.42 bits per heavy atom. The van der Waals surface area contributed by atoms with Crippen LogP contribution in [0.1, 0.15) is 36.5 Å². The average Bonchev–Trinajstić information content (AvgIpc) is 3.44. The fraction of sp³-hybridized carbons (Fsp3) is 0.435. The highest BCUT2D eigenvalue weighted by molar-refractivity contribution is 7.92. The van der Waals surface area contributed by atoms with Gasteiger partial charge in [-0.1, -0.05) is 18.5 Å². The Bertz CT molecular complexity index is 1240. The maximum atomic E-state index is 13.7. The minimum Gasteiger partial charge on any atom is -0.370 e. The van der Waals surface area contributed by atoms with Crippen molar-refractivity contribution in [2.24, 2.45) is 17.8 Å². The van der Waals surface area contributed by atoms with Crippen LogP contribution in [0.15, 0.2) is 35.2 Å². The summed E-state index contributed by atoms with van der Waals surface area (Å²) >= 11 is 6.27. The Kier molecular flexibility index (Phi) is 5.30. The summed E-state index contributed by atoms with van der Waals surface area (Å²) < 4.78 is 73.2. The van der Waals surface area contributed by atoms with E-state index in [2.05, 4.69) is 12.2 Å². The SMILES string of the molecule is C[C@H]1C[C@H]2CC3(CO3)CC1C2S(=O)(=O)c1cc(C(=O)Nc2cc(F)c(F)c(F)c2)ccc1Cl. The van der Waals surface area contributed by atoms with Gasteiger partial charge in [-0.05, 0) is 55.2 Å². The Hall–Kier alpha value is -2.10. The van der Waals surface area contributed by atoms with Crippen LogP contribution < -0.4 is 5.32 Å². The van der Waals surface area contributed by atoms with Gasteiger partial charge in [0, 0.05) is 23.4 Å². The van der Waals surface area contributed by atoms with Crippen molar-refractivity contribution in [2.75, 3.05) is 11.9 Å². The van der Waals surface area contributed by atoms with Crippen LogP contribution in [0.2, 0.25) is 5.02 Å². The Balaban J connectivity index is 1.44. The van der Waals surface area contributed by atoms with Gasteiger partial charge in [0.05, 0.1) is 27.4 Å². The molecule has 33 heavy (non-hydrogen) atoms. The second-order valence-corrected chi connectivity index (χ2v) is 11.9. The first-order valence-electron chi connectivity index (χ1n) is 10.6. The first-order valence-corrected chi connectivity index (χ1v) is 12.6. The van der Waals surface area contributed by atoms with Crippen molar-refractivity contribution < 1.29 is 31.1 Å². The Labute approximate surface area is 194 Å². The maximum absolute atomic E-state index is 13.7. The van der Waals surface area contributed by atoms with Gasteiger partial charge in [-0.2, -0.15) is 0 Å². The lowest BCUT2D eigenvalue weighted by Gasteiger charge is -2.34. The molecular weight excluding hydrogens is 479 g/mol. The number of carbonyl (C=O) groups excluding carboxylic acids is 1. The molecule has 176 valence electrons. The number of fused-ring (bicyclic) bond motifs is 2. The van der Waals surface area contributed by atoms with Gasteiger partial charge >= 0.3 is 0 Å². The summed E-state index contributed by atoms with van der Waals surface area (Å²) in [7, 11) is -3.87. The minimum absolute atomic E-state index is 0.000401. The van der Waals surface area contributed by atoms with E-state index >= 15 is 0 Å². The van der Waals surface area contributed by atoms with E-state index in [9.17, 15) is 26.4 Å². The largest absolute Gasteiger partial charge is 0.370 e. The van der Waals surface area contributed by atoms with E-state index in [4.69, 9.17) is 16.3 Å². The predicted octanol–water partition coefficient (Wildman–Crippen LogP) is 4.99. The molecule has 1 spiro atoms. The van der Waals surface area contributed by atoms with E-state index < -0.39 is 38.4 Å². The van der Waals surface area contributed by atoms with E-state index in [1.165, 1.54) is 18.2 Å². The number of nitrogens with one attached hydrogen (secondary N) is 1. The second kappa shape index (κ2) is 7.71. The first kappa shape index (κ1) is 22.7. The van der Waals surface area contributed by atoms with Crippen LogP contribution in [0, 0.1) is 35.2 Å². The third-order valence-corrected chi connectivity index (χ3v) is 10.0. The number of sulfone groups is 1. The van der Waals surface area contributed by atoms with Gasteiger partial charge in [0.1, 0.15) is 0 Å². The van der Waals surface area contributed by atoms with Crippen molar-refractivity contribution in [1.82, 2.24) is 0 Å². The highest BCUT2D eigenvalue weighted by atomic mass is 35.5. The number of rotatable bonds is 4. The fourth-order valence-electron chi connectivity index (χ4n) is 5.63. The molecule has 0 radical (unpaired) electrons. The van der Waals surface area contributed by atoms with Gasteiger partial charge in [0.15, 0.2) is 27.3 Å². The smallest absolute Gasteiger partial charge is 0.255 e. The summed E-state index contributed by atoms with van der Waals surface area (Å²) in [6.45, 7) is 2.72. The number of carbonyl (C=O) groups is 1. The van der Waals surface area contributed by atoms with Crippen molar-refractivity contribution >= 4 is 33.0 Å². The average molecular weight is 500 g/mol. The molecule has 5 rings (SSSR count). The summed E-state index contributed by atoms with van der Waals surface area (Å²) in [4.78, 5) is 12.5. The van der Waals surface area contributed by atoms with Crippen molar-refractivity contribution in [3.8, 4) is 0 Å². The zero-order chi connectivity index (χ0) is 23.7. The van der Waals surface area contributed by atoms with Crippen LogP contribution in [0.25, 0.3) is 0 Å². The molecule has 2 aromatic carbocycles. The number of hydrogen-bond acceptors (Lipinski definition) is 4. The zero-order valence-corrected chi connectivity index (χ0v) is 19.2. The topological polar surface area (TPSA) is 75.8 Å². The summed E-state index contributed by atoms with van der Waals surface area (Å²) in [5.41, 5.74) is -0.539. The number of epoxide rings is 1. The zero-order valence-electron chi connectivity index (χ0n) is 17.6. The Morgan fingerprint density at radius 1 is 1.15 bits per heavy atom. The monoisotopic (exact) mass is 499 g/mol. The van der Waals surface area contributed by atoms with Crippen LogP contribution in [0.5, 0.6) is 0 Å². The van der Waals surface area contributed by atoms with Crippen molar-refractivity contribution in [3.05, 3.63) is 58.4 Å². The van der Waals surface area contributed by atoms with Gasteiger partial charge in [0.2, 0.25) is 0 Å². The van der Waals surface area contributed by atoms with E-state index in [0.29, 0.717) is 31.6 Å². The van der Waals surface area contributed by atoms with E-state index in [-0.39, 0.29) is 44.5 Å². The molecule has 1 heterocycles. The number of anilines is 1. The van der Waals surface area contributed by atoms with Crippen molar-refractivity contribution in [1.29, 1.82) is 0 Å². The van der Waals surface area contributed by atoms with Crippen LogP contribution in [-0.4, -0.2) is 31.8 Å². The molecule has 3 fully saturated rings. The normalized spacial score (nSPS) is 30.5. The van der Waals surface area contributed by atoms with Crippen molar-refractivity contribution in [3.63, 3.8) is 0 Å². The predicted molar refractivity (Wildman–Crippen MR) is 115 cm³/mol. The first-order chi connectivity index (χ1) is 15.5. The van der Waals surface area contributed by atoms with Gasteiger partial charge in [-0.15, -0.1) is 0 Å². The van der Waals surface area contributed by atoms with Gasteiger partial charge < -0.3 is 10.1 Å². The fourth-order valence-corrected chi connectivity index (χ4v) is 8.53. The molecule has 0 aromatic heterocycles. The quantitative estimate of drug-likeness (QED) is 0.475. The van der Waals surface area contributed by atoms with E-state index in [1.54, 1.807) is 0 Å². The molecular formula is C23H21ClF3NO4S. The van der Waals surface area contributed by atoms with Gasteiger partial charge in [-0.3, -0.25) is 4.79 Å². The summed E-state index contributed by atoms with van der Waals surface area (Å²) in [6.07, 6.45) is 2.17. The van der Waals surface area contributed by atoms with Gasteiger partial charge in [0.25, 0.3) is 5.91 Å². The molecule has 2 saturated carbocycles. The van der Waals surface area contributed by atoms with E-state index in [1.807, 2.05) is 0 Å². The summed E-state index contributed by atoms with van der Waals surface area (Å²) in [6, 6.07) is 5.10. The number of ether oxygens (including phenoxy) is 1. The standard InChI is InChI=1S/C23H21ClF3NO4S/c1-11-4-13-8-23(10-32-23)9-15(11)21(13)33(30,31)19-5-12(2-3-16(19)24)22(29)28-14-6-17(25)20(27)18(26)7-14/h2-3,5-7,11,13,15,21H,4,8-10H2,1H3,(H,28,29)/t11-,13-,15?,21?,23?/m0/s1. The van der Waals surface area contributed by atoms with Crippen LogP contribution >= 0.6 is 11.6 Å².